The van der Waals surface area contributed by atoms with Crippen molar-refractivity contribution >= 4 is 18.3 Å². The fraction of sp³-hybridized carbons (Fsp3) is 0.412. The molecule has 3 rings (SSSR count). The van der Waals surface area contributed by atoms with Crippen LogP contribution in [0.5, 0.6) is 0 Å². The first-order chi connectivity index (χ1) is 11.0. The normalized spacial score (nSPS) is 19.8. The van der Waals surface area contributed by atoms with E-state index >= 15 is 0 Å². The van der Waals surface area contributed by atoms with Crippen molar-refractivity contribution in [3.63, 3.8) is 0 Å². The molecule has 24 heavy (non-hydrogen) atoms. The second-order valence-corrected chi connectivity index (χ2v) is 6.22. The van der Waals surface area contributed by atoms with Crippen LogP contribution in [0.4, 0.5) is 0 Å². The Balaban J connectivity index is 0.00000208. The monoisotopic (exact) mass is 350 g/mol. The number of rotatable bonds is 4. The van der Waals surface area contributed by atoms with E-state index in [0.29, 0.717) is 18.5 Å². The molecule has 1 amide bonds. The number of amides is 1. The van der Waals surface area contributed by atoms with Crippen molar-refractivity contribution in [3.8, 4) is 11.1 Å². The number of aromatic amines is 1. The number of aromatic nitrogens is 2. The zero-order chi connectivity index (χ0) is 16.4. The summed E-state index contributed by atoms with van der Waals surface area (Å²) in [5.74, 6) is -0.175. The third kappa shape index (κ3) is 3.77. The highest BCUT2D eigenvalue weighted by atomic mass is 35.5. The minimum atomic E-state index is -0.842. The largest absolute Gasteiger partial charge is 0.387 e. The maximum atomic E-state index is 12.4. The van der Waals surface area contributed by atoms with E-state index in [2.05, 4.69) is 20.8 Å². The first-order valence-electron chi connectivity index (χ1n) is 7.82. The van der Waals surface area contributed by atoms with E-state index in [4.69, 9.17) is 0 Å². The van der Waals surface area contributed by atoms with E-state index in [9.17, 15) is 9.90 Å². The SMILES string of the molecule is Cc1n[nH]c(C)c1-c1cccc(C(=O)NCC2(O)CCNC2)c1.Cl. The quantitative estimate of drug-likeness (QED) is 0.673. The van der Waals surface area contributed by atoms with Crippen molar-refractivity contribution in [2.24, 2.45) is 0 Å². The third-order valence-electron chi connectivity index (χ3n) is 4.34. The molecule has 1 fully saturated rings. The Morgan fingerprint density at radius 1 is 1.42 bits per heavy atom. The number of carbonyl (C=O) groups is 1. The molecule has 1 unspecified atom stereocenters. The molecule has 2 heterocycles. The average molecular weight is 351 g/mol. The highest BCUT2D eigenvalue weighted by Crippen LogP contribution is 2.26. The summed E-state index contributed by atoms with van der Waals surface area (Å²) in [5.41, 5.74) is 3.61. The number of hydrogen-bond donors (Lipinski definition) is 4. The Kier molecular flexibility index (Phi) is 5.64. The molecule has 2 aromatic rings. The minimum absolute atomic E-state index is 0. The summed E-state index contributed by atoms with van der Waals surface area (Å²) in [4.78, 5) is 12.4. The molecule has 1 aliphatic heterocycles. The van der Waals surface area contributed by atoms with Crippen LogP contribution in [-0.2, 0) is 0 Å². The van der Waals surface area contributed by atoms with E-state index in [-0.39, 0.29) is 24.9 Å². The number of nitrogens with zero attached hydrogens (tertiary/aromatic N) is 1. The molecule has 0 radical (unpaired) electrons. The van der Waals surface area contributed by atoms with E-state index in [1.807, 2.05) is 32.0 Å². The van der Waals surface area contributed by atoms with E-state index in [1.165, 1.54) is 0 Å². The van der Waals surface area contributed by atoms with Crippen LogP contribution in [0.2, 0.25) is 0 Å². The smallest absolute Gasteiger partial charge is 0.251 e. The first-order valence-corrected chi connectivity index (χ1v) is 7.82. The van der Waals surface area contributed by atoms with Crippen LogP contribution in [0.3, 0.4) is 0 Å². The minimum Gasteiger partial charge on any atom is -0.387 e. The molecule has 130 valence electrons. The Hall–Kier alpha value is -1.89. The van der Waals surface area contributed by atoms with Crippen LogP contribution in [0, 0.1) is 13.8 Å². The summed E-state index contributed by atoms with van der Waals surface area (Å²) < 4.78 is 0. The summed E-state index contributed by atoms with van der Waals surface area (Å²) in [6.07, 6.45) is 0.654. The van der Waals surface area contributed by atoms with Crippen LogP contribution in [0.15, 0.2) is 24.3 Å². The highest BCUT2D eigenvalue weighted by Gasteiger charge is 2.31. The molecule has 1 aromatic carbocycles. The molecule has 6 nitrogen and oxygen atoms in total. The molecule has 1 aromatic heterocycles. The van der Waals surface area contributed by atoms with Gasteiger partial charge in [0.25, 0.3) is 5.91 Å². The van der Waals surface area contributed by atoms with Gasteiger partial charge in [-0.1, -0.05) is 12.1 Å². The molecule has 0 aliphatic carbocycles. The molecule has 0 saturated carbocycles. The average Bonchev–Trinajstić information content (AvgIpc) is 3.12. The molecule has 7 heteroatoms. The standard InChI is InChI=1S/C17H22N4O2.ClH/c1-11-15(12(2)21-20-11)13-4-3-5-14(8-13)16(22)19-10-17(23)6-7-18-9-17;/h3-5,8,18,23H,6-7,9-10H2,1-2H3,(H,19,22)(H,20,21);1H. The van der Waals surface area contributed by atoms with Crippen LogP contribution in [0.1, 0.15) is 28.2 Å². The second-order valence-electron chi connectivity index (χ2n) is 6.22. The number of halogens is 1. The molecule has 4 N–H and O–H groups in total. The number of hydrogen-bond acceptors (Lipinski definition) is 4. The Morgan fingerprint density at radius 2 is 2.21 bits per heavy atom. The fourth-order valence-corrected chi connectivity index (χ4v) is 3.02. The molecule has 1 aliphatic rings. The van der Waals surface area contributed by atoms with Gasteiger partial charge in [0, 0.05) is 29.9 Å². The van der Waals surface area contributed by atoms with Crippen molar-refractivity contribution in [1.29, 1.82) is 0 Å². The summed E-state index contributed by atoms with van der Waals surface area (Å²) in [7, 11) is 0. The van der Waals surface area contributed by atoms with Crippen LogP contribution in [-0.4, -0.2) is 46.4 Å². The molecule has 0 bridgehead atoms. The predicted molar refractivity (Wildman–Crippen MR) is 95.5 cm³/mol. The predicted octanol–water partition coefficient (Wildman–Crippen LogP) is 1.57. The van der Waals surface area contributed by atoms with E-state index in [1.54, 1.807) is 6.07 Å². The van der Waals surface area contributed by atoms with Gasteiger partial charge in [-0.3, -0.25) is 9.89 Å². The molecular formula is C17H23ClN4O2. The maximum absolute atomic E-state index is 12.4. The summed E-state index contributed by atoms with van der Waals surface area (Å²) in [6, 6.07) is 7.47. The lowest BCUT2D eigenvalue weighted by Gasteiger charge is -2.21. The molecule has 0 spiro atoms. The van der Waals surface area contributed by atoms with Gasteiger partial charge in [0.2, 0.25) is 0 Å². The van der Waals surface area contributed by atoms with Gasteiger partial charge in [0.15, 0.2) is 0 Å². The van der Waals surface area contributed by atoms with Crippen molar-refractivity contribution in [2.45, 2.75) is 25.9 Å². The van der Waals surface area contributed by atoms with Crippen molar-refractivity contribution in [3.05, 3.63) is 41.2 Å². The van der Waals surface area contributed by atoms with E-state index in [0.717, 1.165) is 29.1 Å². The maximum Gasteiger partial charge on any atom is 0.251 e. The number of aliphatic hydroxyl groups is 1. The third-order valence-corrected chi connectivity index (χ3v) is 4.34. The summed E-state index contributed by atoms with van der Waals surface area (Å²) >= 11 is 0. The molecule has 1 saturated heterocycles. The van der Waals surface area contributed by atoms with Crippen molar-refractivity contribution in [2.75, 3.05) is 19.6 Å². The fourth-order valence-electron chi connectivity index (χ4n) is 3.02. The zero-order valence-corrected chi connectivity index (χ0v) is 14.7. The van der Waals surface area contributed by atoms with Crippen molar-refractivity contribution < 1.29 is 9.90 Å². The summed E-state index contributed by atoms with van der Waals surface area (Å²) in [5, 5.41) is 23.4. The topological polar surface area (TPSA) is 90.0 Å². The highest BCUT2D eigenvalue weighted by molar-refractivity contribution is 5.95. The number of H-pyrrole nitrogens is 1. The zero-order valence-electron chi connectivity index (χ0n) is 13.8. The van der Waals surface area contributed by atoms with Crippen LogP contribution < -0.4 is 10.6 Å². The Morgan fingerprint density at radius 3 is 2.83 bits per heavy atom. The number of benzene rings is 1. The lowest BCUT2D eigenvalue weighted by Crippen LogP contribution is -2.44. The summed E-state index contributed by atoms with van der Waals surface area (Å²) in [6.45, 7) is 5.45. The van der Waals surface area contributed by atoms with Gasteiger partial charge in [-0.05, 0) is 44.5 Å². The van der Waals surface area contributed by atoms with Gasteiger partial charge >= 0.3 is 0 Å². The van der Waals surface area contributed by atoms with Crippen molar-refractivity contribution in [1.82, 2.24) is 20.8 Å². The van der Waals surface area contributed by atoms with Gasteiger partial charge < -0.3 is 15.7 Å². The van der Waals surface area contributed by atoms with Gasteiger partial charge in [0.05, 0.1) is 11.3 Å². The lowest BCUT2D eigenvalue weighted by atomic mass is 10.0. The Labute approximate surface area is 147 Å². The number of nitrogens with one attached hydrogen (secondary N) is 3. The first kappa shape index (κ1) is 18.4. The van der Waals surface area contributed by atoms with Crippen LogP contribution >= 0.6 is 12.4 Å². The van der Waals surface area contributed by atoms with Crippen LogP contribution in [0.25, 0.3) is 11.1 Å². The number of β-amino-alcohol motifs (C(OH)–C–C–N with tert-alkyl or cyclic N) is 1. The molecule has 1 atom stereocenters. The van der Waals surface area contributed by atoms with Gasteiger partial charge in [-0.15, -0.1) is 12.4 Å². The molecular weight excluding hydrogens is 328 g/mol. The van der Waals surface area contributed by atoms with Gasteiger partial charge in [-0.2, -0.15) is 5.10 Å². The second kappa shape index (κ2) is 7.34. The van der Waals surface area contributed by atoms with E-state index < -0.39 is 5.60 Å². The Bertz CT molecular complexity index is 704. The number of aryl methyl sites for hydroxylation is 2. The number of carbonyl (C=O) groups excluding carboxylic acids is 1. The van der Waals surface area contributed by atoms with Gasteiger partial charge in [0.1, 0.15) is 0 Å². The lowest BCUT2D eigenvalue weighted by molar-refractivity contribution is 0.0562. The van der Waals surface area contributed by atoms with Gasteiger partial charge in [-0.25, -0.2) is 0 Å².